The van der Waals surface area contributed by atoms with Crippen LogP contribution in [-0.2, 0) is 0 Å². The first-order valence-corrected chi connectivity index (χ1v) is 8.88. The minimum Gasteiger partial charge on any atom is -0.509 e. The molecule has 0 saturated heterocycles. The Labute approximate surface area is 162 Å². The second kappa shape index (κ2) is 6.30. The van der Waals surface area contributed by atoms with Gasteiger partial charge in [-0.15, -0.1) is 0 Å². The second-order valence-electron chi connectivity index (χ2n) is 7.11. The Balaban J connectivity index is 1.87. The Bertz CT molecular complexity index is 1080. The van der Waals surface area contributed by atoms with E-state index in [9.17, 15) is 5.11 Å². The maximum absolute atomic E-state index is 11.1. The van der Waals surface area contributed by atoms with Crippen molar-refractivity contribution in [2.45, 2.75) is 19.4 Å². The number of nitrogens with one attached hydrogen (secondary N) is 2. The van der Waals surface area contributed by atoms with E-state index in [2.05, 4.69) is 9.97 Å². The zero-order valence-corrected chi connectivity index (χ0v) is 16.2. The molecule has 0 unspecified atom stereocenters. The first kappa shape index (κ1) is 17.9. The molecule has 7 nitrogen and oxygen atoms in total. The van der Waals surface area contributed by atoms with E-state index in [1.165, 1.54) is 0 Å². The van der Waals surface area contributed by atoms with Crippen molar-refractivity contribution < 1.29 is 14.6 Å². The Morgan fingerprint density at radius 1 is 1.11 bits per heavy atom. The van der Waals surface area contributed by atoms with Crippen LogP contribution in [0.5, 0.6) is 11.5 Å². The Morgan fingerprint density at radius 2 is 1.86 bits per heavy atom. The van der Waals surface area contributed by atoms with Gasteiger partial charge in [0.05, 0.1) is 42.1 Å². The van der Waals surface area contributed by atoms with Crippen molar-refractivity contribution in [3.63, 3.8) is 0 Å². The molecule has 0 bridgehead atoms. The van der Waals surface area contributed by atoms with E-state index in [1.807, 2.05) is 38.1 Å². The summed E-state index contributed by atoms with van der Waals surface area (Å²) in [5.74, 6) is 1.88. The number of benzene rings is 2. The number of fused-ring (bicyclic) bond motifs is 1. The maximum Gasteiger partial charge on any atom is 0.145 e. The third-order valence-electron chi connectivity index (χ3n) is 5.09. The largest absolute Gasteiger partial charge is 0.509 e. The molecule has 3 aromatic rings. The van der Waals surface area contributed by atoms with E-state index in [4.69, 9.17) is 14.9 Å². The number of hydrogen-bond acceptors (Lipinski definition) is 5. The lowest BCUT2D eigenvalue weighted by Crippen LogP contribution is -2.43. The Kier molecular flexibility index (Phi) is 4.03. The fourth-order valence-corrected chi connectivity index (χ4v) is 3.60. The fourth-order valence-electron chi connectivity index (χ4n) is 3.60. The zero-order valence-electron chi connectivity index (χ0n) is 16.2. The molecule has 0 fully saturated rings. The number of aromatic nitrogens is 2. The number of aromatic amines is 1. The molecule has 4 rings (SSSR count). The average Bonchev–Trinajstić information content (AvgIpc) is 3.17. The van der Waals surface area contributed by atoms with E-state index in [-0.39, 0.29) is 11.6 Å². The normalized spacial score (nSPS) is 16.1. The predicted octanol–water partition coefficient (Wildman–Crippen LogP) is 4.13. The summed E-state index contributed by atoms with van der Waals surface area (Å²) >= 11 is 0. The van der Waals surface area contributed by atoms with E-state index in [1.54, 1.807) is 37.3 Å². The third kappa shape index (κ3) is 2.51. The molecule has 0 amide bonds. The zero-order chi connectivity index (χ0) is 20.1. The number of rotatable bonds is 4. The number of para-hydroxylation sites is 2. The van der Waals surface area contributed by atoms with E-state index in [0.29, 0.717) is 28.6 Å². The molecule has 1 aromatic heterocycles. The molecule has 7 heteroatoms. The van der Waals surface area contributed by atoms with Crippen LogP contribution in [-0.4, -0.2) is 40.7 Å². The highest BCUT2D eigenvalue weighted by Gasteiger charge is 2.46. The number of hydrogen-bond donors (Lipinski definition) is 3. The molecular formula is C21H22N4O3. The number of aliphatic hydroxyl groups excluding tert-OH is 1. The molecular weight excluding hydrogens is 356 g/mol. The summed E-state index contributed by atoms with van der Waals surface area (Å²) < 4.78 is 10.9. The third-order valence-corrected chi connectivity index (χ3v) is 5.09. The van der Waals surface area contributed by atoms with Crippen molar-refractivity contribution in [3.05, 3.63) is 54.0 Å². The van der Waals surface area contributed by atoms with Crippen LogP contribution in [0.25, 0.3) is 16.6 Å². The smallest absolute Gasteiger partial charge is 0.145 e. The van der Waals surface area contributed by atoms with Gasteiger partial charge in [-0.1, -0.05) is 12.1 Å². The highest BCUT2D eigenvalue weighted by Crippen LogP contribution is 2.45. The Morgan fingerprint density at radius 3 is 2.54 bits per heavy atom. The lowest BCUT2D eigenvalue weighted by Gasteiger charge is -2.34. The van der Waals surface area contributed by atoms with Crippen LogP contribution in [0, 0.1) is 5.41 Å². The number of ether oxygens (including phenoxy) is 2. The molecule has 1 aliphatic heterocycles. The standard InChI is InChI=1S/C21H22N4O3/c1-21(2)18(26)17(20-23-13-7-5-6-8-14(13)24-20)19(22)25(21)15-11-12(27-3)9-10-16(15)28-4/h5-11,22,26H,1-4H3,(H,23,24). The minimum absolute atomic E-state index is 0.0708. The van der Waals surface area contributed by atoms with E-state index >= 15 is 0 Å². The summed E-state index contributed by atoms with van der Waals surface area (Å²) in [5, 5.41) is 19.9. The van der Waals surface area contributed by atoms with E-state index < -0.39 is 5.54 Å². The van der Waals surface area contributed by atoms with Gasteiger partial charge in [0, 0.05) is 6.07 Å². The minimum atomic E-state index is -0.870. The summed E-state index contributed by atoms with van der Waals surface area (Å²) in [5.41, 5.74) is 1.76. The van der Waals surface area contributed by atoms with Gasteiger partial charge < -0.3 is 24.5 Å². The van der Waals surface area contributed by atoms with Gasteiger partial charge in [0.2, 0.25) is 0 Å². The van der Waals surface area contributed by atoms with Gasteiger partial charge in [0.25, 0.3) is 0 Å². The number of aliphatic hydroxyl groups is 1. The lowest BCUT2D eigenvalue weighted by molar-refractivity contribution is 0.331. The first-order chi connectivity index (χ1) is 13.4. The van der Waals surface area contributed by atoms with Crippen molar-refractivity contribution in [2.24, 2.45) is 0 Å². The highest BCUT2D eigenvalue weighted by atomic mass is 16.5. The number of imidazole rings is 1. The topological polar surface area (TPSA) is 94.5 Å². The van der Waals surface area contributed by atoms with Crippen molar-refractivity contribution in [1.82, 2.24) is 9.97 Å². The number of methoxy groups -OCH3 is 2. The summed E-state index contributed by atoms with van der Waals surface area (Å²) in [4.78, 5) is 9.50. The maximum atomic E-state index is 11.1. The quantitative estimate of drug-likeness (QED) is 0.635. The van der Waals surface area contributed by atoms with Gasteiger partial charge in [0.1, 0.15) is 28.9 Å². The van der Waals surface area contributed by atoms with Crippen molar-refractivity contribution >= 4 is 28.1 Å². The molecule has 1 aliphatic rings. The van der Waals surface area contributed by atoms with Gasteiger partial charge in [-0.25, -0.2) is 4.98 Å². The Hall–Kier alpha value is -3.48. The molecule has 28 heavy (non-hydrogen) atoms. The first-order valence-electron chi connectivity index (χ1n) is 8.88. The number of anilines is 1. The molecule has 0 spiro atoms. The van der Waals surface area contributed by atoms with Gasteiger partial charge in [-0.3, -0.25) is 5.41 Å². The van der Waals surface area contributed by atoms with Crippen LogP contribution in [0.2, 0.25) is 0 Å². The summed E-state index contributed by atoms with van der Waals surface area (Å²) in [6.45, 7) is 3.71. The van der Waals surface area contributed by atoms with Crippen LogP contribution in [0.15, 0.2) is 48.2 Å². The van der Waals surface area contributed by atoms with Crippen molar-refractivity contribution in [3.8, 4) is 11.5 Å². The summed E-state index contributed by atoms with van der Waals surface area (Å²) in [7, 11) is 3.16. The van der Waals surface area contributed by atoms with E-state index in [0.717, 1.165) is 11.0 Å². The predicted molar refractivity (Wildman–Crippen MR) is 109 cm³/mol. The SMILES string of the molecule is COc1ccc(OC)c(N2C(=N)C(c3nc4ccccc4[nH]3)=C(O)C2(C)C)c1. The van der Waals surface area contributed by atoms with Gasteiger partial charge >= 0.3 is 0 Å². The molecule has 144 valence electrons. The lowest BCUT2D eigenvalue weighted by atomic mass is 10.0. The highest BCUT2D eigenvalue weighted by molar-refractivity contribution is 6.31. The van der Waals surface area contributed by atoms with Crippen LogP contribution in [0.4, 0.5) is 5.69 Å². The molecule has 0 saturated carbocycles. The number of H-pyrrole nitrogens is 1. The van der Waals surface area contributed by atoms with Crippen LogP contribution < -0.4 is 14.4 Å². The summed E-state index contributed by atoms with van der Waals surface area (Å²) in [6, 6.07) is 13.0. The van der Waals surface area contributed by atoms with Crippen LogP contribution >= 0.6 is 0 Å². The van der Waals surface area contributed by atoms with Crippen LogP contribution in [0.1, 0.15) is 19.7 Å². The molecule has 3 N–H and O–H groups in total. The van der Waals surface area contributed by atoms with Gasteiger partial charge in [-0.2, -0.15) is 0 Å². The second-order valence-corrected chi connectivity index (χ2v) is 7.11. The number of amidine groups is 1. The molecule has 2 aromatic carbocycles. The monoisotopic (exact) mass is 378 g/mol. The van der Waals surface area contributed by atoms with Gasteiger partial charge in [-0.05, 0) is 38.1 Å². The molecule has 0 aliphatic carbocycles. The van der Waals surface area contributed by atoms with Crippen LogP contribution in [0.3, 0.4) is 0 Å². The average molecular weight is 378 g/mol. The van der Waals surface area contributed by atoms with Crippen molar-refractivity contribution in [2.75, 3.05) is 19.1 Å². The number of nitrogens with zero attached hydrogens (tertiary/aromatic N) is 2. The summed E-state index contributed by atoms with van der Waals surface area (Å²) in [6.07, 6.45) is 0. The molecule has 2 heterocycles. The van der Waals surface area contributed by atoms with Gasteiger partial charge in [0.15, 0.2) is 0 Å². The molecule has 0 radical (unpaired) electrons. The molecule has 0 atom stereocenters. The fraction of sp³-hybridized carbons (Fsp3) is 0.238. The van der Waals surface area contributed by atoms with Crippen molar-refractivity contribution in [1.29, 1.82) is 5.41 Å².